The molecule has 0 bridgehead atoms. The van der Waals surface area contributed by atoms with Crippen molar-refractivity contribution in [3.05, 3.63) is 71.3 Å². The minimum atomic E-state index is -1.23. The highest BCUT2D eigenvalue weighted by Gasteiger charge is 2.20. The van der Waals surface area contributed by atoms with Crippen molar-refractivity contribution >= 4 is 41.6 Å². The van der Waals surface area contributed by atoms with E-state index in [2.05, 4.69) is 16.2 Å². The van der Waals surface area contributed by atoms with Crippen molar-refractivity contribution in [2.75, 3.05) is 65.4 Å². The first-order chi connectivity index (χ1) is 24.7. The number of hydrogen-bond donors (Lipinski definition) is 8. The maximum absolute atomic E-state index is 12.8. The number of carboxylic acid groups (broad SMARTS) is 4. The van der Waals surface area contributed by atoms with Crippen LogP contribution in [0.1, 0.15) is 34.3 Å². The standard InChI is InChI=1S/C34H47N7O11/c35-27(18-25-7-2-1-3-8-25)34(52)38-37-33(51)26-11-9-24(10-12-26)6-4-5-13-36-28(42)19-39(14-16-40(20-29(43)44)21-30(45)46)15-17-41(22-31(47)48)23-32(49)50/h1-3,7-12,27H,4-6,13-23,35H2,(H,36,42)(H,37,51)(H,38,52)(H,43,44)(H,45,46)(H,47,48)(H,49,50)/t27-/m1/s1. The molecule has 2 rings (SSSR count). The number of nitrogens with zero attached hydrogens (tertiary/aromatic N) is 3. The van der Waals surface area contributed by atoms with E-state index >= 15 is 0 Å². The second kappa shape index (κ2) is 23.1. The van der Waals surface area contributed by atoms with E-state index in [9.17, 15) is 33.6 Å². The van der Waals surface area contributed by atoms with E-state index in [1.807, 2.05) is 30.3 Å². The molecule has 0 radical (unpaired) electrons. The Labute approximate surface area is 300 Å². The summed E-state index contributed by atoms with van der Waals surface area (Å²) >= 11 is 0. The van der Waals surface area contributed by atoms with E-state index < -0.39 is 67.9 Å². The van der Waals surface area contributed by atoms with Gasteiger partial charge in [-0.2, -0.15) is 0 Å². The summed E-state index contributed by atoms with van der Waals surface area (Å²) in [5, 5.41) is 39.3. The molecule has 0 fully saturated rings. The predicted octanol–water partition coefficient (Wildman–Crippen LogP) is -1.30. The maximum atomic E-state index is 12.8. The fourth-order valence-corrected chi connectivity index (χ4v) is 5.04. The van der Waals surface area contributed by atoms with Crippen LogP contribution < -0.4 is 21.9 Å². The molecular formula is C34H47N7O11. The summed E-state index contributed by atoms with van der Waals surface area (Å²) in [5.74, 6) is -6.34. The van der Waals surface area contributed by atoms with Crippen LogP contribution in [0.15, 0.2) is 54.6 Å². The normalized spacial score (nSPS) is 11.6. The molecule has 284 valence electrons. The number of carboxylic acids is 4. The number of rotatable bonds is 25. The van der Waals surface area contributed by atoms with Gasteiger partial charge in [0.1, 0.15) is 0 Å². The molecule has 0 aliphatic carbocycles. The van der Waals surface area contributed by atoms with Crippen molar-refractivity contribution in [3.8, 4) is 0 Å². The van der Waals surface area contributed by atoms with Crippen molar-refractivity contribution in [2.24, 2.45) is 5.73 Å². The SMILES string of the molecule is N[C@H](Cc1ccccc1)C(=O)NNC(=O)c1ccc(CCCCNC(=O)CN(CCN(CC(=O)O)CC(=O)O)CCN(CC(=O)O)CC(=O)O)cc1. The quantitative estimate of drug-likeness (QED) is 0.0436. The van der Waals surface area contributed by atoms with Crippen molar-refractivity contribution in [2.45, 2.75) is 31.7 Å². The zero-order valence-electron chi connectivity index (χ0n) is 28.7. The lowest BCUT2D eigenvalue weighted by atomic mass is 10.1. The van der Waals surface area contributed by atoms with Crippen LogP contribution in [-0.4, -0.2) is 148 Å². The number of nitrogens with two attached hydrogens (primary N) is 1. The smallest absolute Gasteiger partial charge is 0.317 e. The van der Waals surface area contributed by atoms with Crippen LogP contribution in [0, 0.1) is 0 Å². The molecule has 1 atom stereocenters. The van der Waals surface area contributed by atoms with Gasteiger partial charge in [-0.3, -0.25) is 59.1 Å². The summed E-state index contributed by atoms with van der Waals surface area (Å²) < 4.78 is 0. The molecule has 0 spiro atoms. The van der Waals surface area contributed by atoms with Crippen LogP contribution >= 0.6 is 0 Å². The second-order valence-electron chi connectivity index (χ2n) is 12.0. The highest BCUT2D eigenvalue weighted by molar-refractivity contribution is 5.95. The molecule has 18 heteroatoms. The number of aliphatic carboxylic acids is 4. The Hall–Kier alpha value is -5.43. The first-order valence-corrected chi connectivity index (χ1v) is 16.5. The van der Waals surface area contributed by atoms with E-state index in [-0.39, 0.29) is 38.6 Å². The number of unbranched alkanes of at least 4 members (excludes halogenated alkanes) is 1. The first-order valence-electron chi connectivity index (χ1n) is 16.5. The molecule has 0 aliphatic heterocycles. The third kappa shape index (κ3) is 18.5. The van der Waals surface area contributed by atoms with Crippen LogP contribution in [0.3, 0.4) is 0 Å². The Balaban J connectivity index is 1.81. The van der Waals surface area contributed by atoms with Gasteiger partial charge in [-0.05, 0) is 48.9 Å². The monoisotopic (exact) mass is 729 g/mol. The summed E-state index contributed by atoms with van der Waals surface area (Å²) in [4.78, 5) is 86.2. The Bertz CT molecular complexity index is 1420. The number of carbonyl (C=O) groups excluding carboxylic acids is 3. The molecule has 0 saturated carbocycles. The third-order valence-corrected chi connectivity index (χ3v) is 7.63. The van der Waals surface area contributed by atoms with E-state index in [1.54, 1.807) is 29.2 Å². The Kier molecular flexibility index (Phi) is 19.0. The molecule has 3 amide bonds. The number of benzene rings is 2. The lowest BCUT2D eigenvalue weighted by Gasteiger charge is -2.28. The van der Waals surface area contributed by atoms with Gasteiger partial charge in [0.15, 0.2) is 0 Å². The molecule has 0 aliphatic rings. The molecular weight excluding hydrogens is 682 g/mol. The molecule has 9 N–H and O–H groups in total. The number of carbonyl (C=O) groups is 7. The van der Waals surface area contributed by atoms with Crippen LogP contribution in [0.2, 0.25) is 0 Å². The highest BCUT2D eigenvalue weighted by atomic mass is 16.4. The molecule has 0 aromatic heterocycles. The molecule has 0 saturated heterocycles. The number of aryl methyl sites for hydroxylation is 1. The first kappa shape index (κ1) is 42.7. The molecule has 2 aromatic rings. The van der Waals surface area contributed by atoms with Gasteiger partial charge < -0.3 is 31.5 Å². The summed E-state index contributed by atoms with van der Waals surface area (Å²) in [6.07, 6.45) is 2.28. The Morgan fingerprint density at radius 1 is 0.596 bits per heavy atom. The average molecular weight is 730 g/mol. The summed E-state index contributed by atoms with van der Waals surface area (Å²) in [6.45, 7) is -1.97. The molecule has 0 heterocycles. The third-order valence-electron chi connectivity index (χ3n) is 7.63. The van der Waals surface area contributed by atoms with Crippen LogP contribution in [0.4, 0.5) is 0 Å². The van der Waals surface area contributed by atoms with Gasteiger partial charge in [0.25, 0.3) is 11.8 Å². The fourth-order valence-electron chi connectivity index (χ4n) is 5.04. The Morgan fingerprint density at radius 2 is 1.10 bits per heavy atom. The van der Waals surface area contributed by atoms with Gasteiger partial charge in [0, 0.05) is 38.3 Å². The number of hydrogen-bond acceptors (Lipinski definition) is 11. The largest absolute Gasteiger partial charge is 0.480 e. The number of nitrogens with one attached hydrogen (secondary N) is 3. The van der Waals surface area contributed by atoms with Gasteiger partial charge in [-0.25, -0.2) is 0 Å². The second-order valence-corrected chi connectivity index (χ2v) is 12.0. The van der Waals surface area contributed by atoms with Crippen LogP contribution in [0.5, 0.6) is 0 Å². The number of amides is 3. The lowest BCUT2D eigenvalue weighted by molar-refractivity contribution is -0.143. The molecule has 0 unspecified atom stereocenters. The number of hydrazine groups is 1. The molecule has 18 nitrogen and oxygen atoms in total. The zero-order chi connectivity index (χ0) is 38.5. The molecule has 2 aromatic carbocycles. The zero-order valence-corrected chi connectivity index (χ0v) is 28.7. The summed E-state index contributed by atoms with van der Waals surface area (Å²) in [7, 11) is 0. The van der Waals surface area contributed by atoms with E-state index in [0.29, 0.717) is 37.8 Å². The van der Waals surface area contributed by atoms with Crippen LogP contribution in [0.25, 0.3) is 0 Å². The summed E-state index contributed by atoms with van der Waals surface area (Å²) in [6, 6.07) is 15.2. The van der Waals surface area contributed by atoms with Crippen LogP contribution in [-0.2, 0) is 41.6 Å². The van der Waals surface area contributed by atoms with E-state index in [0.717, 1.165) is 11.1 Å². The Morgan fingerprint density at radius 3 is 1.60 bits per heavy atom. The maximum Gasteiger partial charge on any atom is 0.317 e. The van der Waals surface area contributed by atoms with Crippen molar-refractivity contribution < 1.29 is 54.0 Å². The average Bonchev–Trinajstić information content (AvgIpc) is 3.07. The topological polar surface area (TPSA) is 272 Å². The van der Waals surface area contributed by atoms with Gasteiger partial charge in [-0.1, -0.05) is 42.5 Å². The summed E-state index contributed by atoms with van der Waals surface area (Å²) in [5.41, 5.74) is 12.8. The van der Waals surface area contributed by atoms with Gasteiger partial charge in [0.2, 0.25) is 5.91 Å². The van der Waals surface area contributed by atoms with Crippen molar-refractivity contribution in [1.29, 1.82) is 0 Å². The van der Waals surface area contributed by atoms with Gasteiger partial charge in [-0.15, -0.1) is 0 Å². The predicted molar refractivity (Wildman–Crippen MR) is 186 cm³/mol. The highest BCUT2D eigenvalue weighted by Crippen LogP contribution is 2.08. The minimum Gasteiger partial charge on any atom is -0.480 e. The van der Waals surface area contributed by atoms with Crippen molar-refractivity contribution in [1.82, 2.24) is 30.9 Å². The van der Waals surface area contributed by atoms with E-state index in [1.165, 1.54) is 9.80 Å². The van der Waals surface area contributed by atoms with Gasteiger partial charge in [0.05, 0.1) is 38.8 Å². The van der Waals surface area contributed by atoms with Gasteiger partial charge >= 0.3 is 23.9 Å². The fraction of sp³-hybridized carbons (Fsp3) is 0.441. The molecule has 52 heavy (non-hydrogen) atoms. The van der Waals surface area contributed by atoms with E-state index in [4.69, 9.17) is 26.2 Å². The van der Waals surface area contributed by atoms with Crippen molar-refractivity contribution in [3.63, 3.8) is 0 Å². The minimum absolute atomic E-state index is 0.0260. The lowest BCUT2D eigenvalue weighted by Crippen LogP contribution is -2.50.